The van der Waals surface area contributed by atoms with E-state index in [4.69, 9.17) is 9.68 Å². The van der Waals surface area contributed by atoms with Crippen LogP contribution in [-0.4, -0.2) is 32.2 Å². The summed E-state index contributed by atoms with van der Waals surface area (Å²) in [6.45, 7) is 1.84. The lowest BCUT2D eigenvalue weighted by molar-refractivity contribution is -1.26. The number of nitrogens with one attached hydrogen (secondary N) is 1. The largest absolute Gasteiger partial charge is 0.164 e. The second-order valence-corrected chi connectivity index (χ2v) is 2.02. The van der Waals surface area contributed by atoms with Crippen molar-refractivity contribution in [3.8, 4) is 0 Å². The third-order valence-electron chi connectivity index (χ3n) is 1.57. The summed E-state index contributed by atoms with van der Waals surface area (Å²) in [5, 5.41) is 0. The lowest BCUT2D eigenvalue weighted by Crippen LogP contribution is -2.51. The van der Waals surface area contributed by atoms with Crippen molar-refractivity contribution >= 4 is 0 Å². The first kappa shape index (κ1) is 6.95. The zero-order chi connectivity index (χ0) is 6.74. The Labute approximate surface area is 54.8 Å². The molecule has 4 nitrogen and oxygen atoms in total. The number of nitrogens with zero attached hydrogens (tertiary/aromatic N) is 1. The summed E-state index contributed by atoms with van der Waals surface area (Å²) >= 11 is 0. The molecule has 1 saturated heterocycles. The topological polar surface area (TPSA) is 30.5 Å². The normalized spacial score (nSPS) is 24.7. The van der Waals surface area contributed by atoms with Crippen LogP contribution in [0.3, 0.4) is 0 Å². The number of hydrogen-bond acceptors (Lipinski definition) is 3. The Hall–Kier alpha value is -0.160. The molecule has 0 aromatic heterocycles. The first-order valence-corrected chi connectivity index (χ1v) is 3.08. The van der Waals surface area contributed by atoms with E-state index in [0.29, 0.717) is 0 Å². The molecular formula is C5H13N2O2+. The lowest BCUT2D eigenvalue weighted by Gasteiger charge is -2.22. The fourth-order valence-corrected chi connectivity index (χ4v) is 1.00. The van der Waals surface area contributed by atoms with Gasteiger partial charge in [0.2, 0.25) is 0 Å². The molecule has 0 atom stereocenters. The zero-order valence-corrected chi connectivity index (χ0v) is 5.89. The molecule has 0 aromatic rings. The first-order valence-electron chi connectivity index (χ1n) is 3.08. The molecule has 4 heteroatoms. The van der Waals surface area contributed by atoms with Gasteiger partial charge < -0.3 is 0 Å². The Morgan fingerprint density at radius 3 is 2.22 bits per heavy atom. The lowest BCUT2D eigenvalue weighted by atomic mass is 10.5. The maximum absolute atomic E-state index is 5.05. The van der Waals surface area contributed by atoms with Gasteiger partial charge in [0, 0.05) is 11.3 Å². The number of rotatable bonds is 2. The molecule has 0 spiro atoms. The highest BCUT2D eigenvalue weighted by Crippen LogP contribution is 2.09. The van der Waals surface area contributed by atoms with Gasteiger partial charge in [0.25, 0.3) is 0 Å². The monoisotopic (exact) mass is 133 g/mol. The number of hydrogen-bond donors (Lipinski definition) is 1. The molecule has 9 heavy (non-hydrogen) atoms. The summed E-state index contributed by atoms with van der Waals surface area (Å²) in [7, 11) is 3.25. The van der Waals surface area contributed by atoms with Crippen molar-refractivity contribution in [1.82, 2.24) is 5.43 Å². The van der Waals surface area contributed by atoms with E-state index in [1.54, 1.807) is 14.2 Å². The molecule has 1 heterocycles. The summed E-state index contributed by atoms with van der Waals surface area (Å²) in [6.07, 6.45) is 1.10. The minimum Gasteiger partial charge on any atom is -0.150 e. The predicted octanol–water partition coefficient (Wildman–Crippen LogP) is -0.166. The van der Waals surface area contributed by atoms with Crippen LogP contribution in [0.1, 0.15) is 6.42 Å². The van der Waals surface area contributed by atoms with E-state index in [-0.39, 0.29) is 4.92 Å². The minimum absolute atomic E-state index is 0.139. The maximum atomic E-state index is 5.05. The van der Waals surface area contributed by atoms with Crippen molar-refractivity contribution in [2.24, 2.45) is 0 Å². The summed E-state index contributed by atoms with van der Waals surface area (Å²) in [5.74, 6) is 0. The zero-order valence-electron chi connectivity index (χ0n) is 5.89. The van der Waals surface area contributed by atoms with Crippen LogP contribution in [0, 0.1) is 0 Å². The average molecular weight is 133 g/mol. The highest BCUT2D eigenvalue weighted by molar-refractivity contribution is 4.40. The molecule has 1 fully saturated rings. The van der Waals surface area contributed by atoms with E-state index >= 15 is 0 Å². The minimum atomic E-state index is 0.139. The van der Waals surface area contributed by atoms with Gasteiger partial charge in [-0.1, -0.05) is 0 Å². The van der Waals surface area contributed by atoms with Crippen molar-refractivity contribution < 1.29 is 14.6 Å². The Kier molecular flexibility index (Phi) is 2.02. The van der Waals surface area contributed by atoms with E-state index in [1.165, 1.54) is 0 Å². The van der Waals surface area contributed by atoms with Crippen LogP contribution < -0.4 is 5.43 Å². The summed E-state index contributed by atoms with van der Waals surface area (Å²) < 4.78 is 0. The molecule has 0 bridgehead atoms. The van der Waals surface area contributed by atoms with E-state index in [0.717, 1.165) is 19.5 Å². The fraction of sp³-hybridized carbons (Fsp3) is 1.00. The molecule has 54 valence electrons. The van der Waals surface area contributed by atoms with Crippen LogP contribution in [0.5, 0.6) is 0 Å². The summed E-state index contributed by atoms with van der Waals surface area (Å²) in [4.78, 5) is 10.2. The summed E-state index contributed by atoms with van der Waals surface area (Å²) in [5.41, 5.74) is 3.06. The van der Waals surface area contributed by atoms with Gasteiger partial charge in [0.15, 0.2) is 6.54 Å². The van der Waals surface area contributed by atoms with Crippen molar-refractivity contribution in [2.45, 2.75) is 6.42 Å². The number of hydroxylamine groups is 2. The van der Waals surface area contributed by atoms with E-state index in [2.05, 4.69) is 5.43 Å². The van der Waals surface area contributed by atoms with Crippen LogP contribution in [0.15, 0.2) is 0 Å². The molecule has 0 amide bonds. The van der Waals surface area contributed by atoms with E-state index in [9.17, 15) is 0 Å². The molecule has 1 aliphatic rings. The van der Waals surface area contributed by atoms with E-state index in [1.807, 2.05) is 0 Å². The van der Waals surface area contributed by atoms with Crippen molar-refractivity contribution in [1.29, 1.82) is 0 Å². The van der Waals surface area contributed by atoms with E-state index < -0.39 is 0 Å². The Morgan fingerprint density at radius 2 is 2.00 bits per heavy atom. The average Bonchev–Trinajstić information content (AvgIpc) is 2.36. The number of quaternary nitrogens is 1. The highest BCUT2D eigenvalue weighted by Gasteiger charge is 2.34. The Balaban J connectivity index is 2.45. The molecular weight excluding hydrogens is 120 g/mol. The van der Waals surface area contributed by atoms with Crippen molar-refractivity contribution in [2.75, 3.05) is 27.3 Å². The SMILES string of the molecule is CO[N+]1(OC)CCCN1. The second-order valence-electron chi connectivity index (χ2n) is 2.02. The molecule has 0 aromatic carbocycles. The van der Waals surface area contributed by atoms with Crippen LogP contribution in [-0.2, 0) is 9.68 Å². The molecule has 1 rings (SSSR count). The fourth-order valence-electron chi connectivity index (χ4n) is 1.00. The van der Waals surface area contributed by atoms with Crippen LogP contribution in [0.25, 0.3) is 0 Å². The molecule has 0 radical (unpaired) electrons. The Bertz CT molecular complexity index is 85.0. The van der Waals surface area contributed by atoms with Gasteiger partial charge >= 0.3 is 0 Å². The highest BCUT2D eigenvalue weighted by atomic mass is 17.0. The van der Waals surface area contributed by atoms with Crippen LogP contribution >= 0.6 is 0 Å². The maximum Gasteiger partial charge on any atom is 0.164 e. The smallest absolute Gasteiger partial charge is 0.150 e. The molecule has 0 aliphatic carbocycles. The standard InChI is InChI=1S/C5H13N2O2/c1-8-7(9-2)5-3-4-6-7/h6H,3-5H2,1-2H3/q+1. The molecule has 1 aliphatic heterocycles. The quantitative estimate of drug-likeness (QED) is 0.531. The van der Waals surface area contributed by atoms with Gasteiger partial charge in [-0.25, -0.2) is 0 Å². The van der Waals surface area contributed by atoms with Crippen molar-refractivity contribution in [3.63, 3.8) is 0 Å². The molecule has 1 N–H and O–H groups in total. The van der Waals surface area contributed by atoms with Gasteiger partial charge in [-0.15, -0.1) is 15.1 Å². The van der Waals surface area contributed by atoms with Crippen LogP contribution in [0.4, 0.5) is 0 Å². The second kappa shape index (κ2) is 2.62. The predicted molar refractivity (Wildman–Crippen MR) is 31.8 cm³/mol. The van der Waals surface area contributed by atoms with Crippen LogP contribution in [0.2, 0.25) is 0 Å². The summed E-state index contributed by atoms with van der Waals surface area (Å²) in [6, 6.07) is 0. The van der Waals surface area contributed by atoms with Gasteiger partial charge in [-0.05, 0) is 0 Å². The van der Waals surface area contributed by atoms with Gasteiger partial charge in [0.05, 0.1) is 6.54 Å². The third kappa shape index (κ3) is 1.21. The van der Waals surface area contributed by atoms with Gasteiger partial charge in [0.1, 0.15) is 14.2 Å². The first-order chi connectivity index (χ1) is 4.33. The molecule has 0 saturated carbocycles. The van der Waals surface area contributed by atoms with Crippen molar-refractivity contribution in [3.05, 3.63) is 0 Å². The third-order valence-corrected chi connectivity index (χ3v) is 1.57. The van der Waals surface area contributed by atoms with Gasteiger partial charge in [-0.2, -0.15) is 0 Å². The Morgan fingerprint density at radius 1 is 1.33 bits per heavy atom. The molecule has 0 unspecified atom stereocenters. The van der Waals surface area contributed by atoms with Gasteiger partial charge in [-0.3, -0.25) is 0 Å².